The van der Waals surface area contributed by atoms with Crippen LogP contribution >= 0.6 is 11.3 Å². The molecule has 150 valence electrons. The molecule has 0 atom stereocenters. The van der Waals surface area contributed by atoms with E-state index in [2.05, 4.69) is 16.9 Å². The Balaban J connectivity index is 1.73. The van der Waals surface area contributed by atoms with Gasteiger partial charge in [0.1, 0.15) is 10.8 Å². The van der Waals surface area contributed by atoms with Crippen molar-refractivity contribution in [2.24, 2.45) is 7.05 Å². The predicted octanol–water partition coefficient (Wildman–Crippen LogP) is 4.07. The number of imidazole rings is 1. The Kier molecular flexibility index (Phi) is 5.44. The van der Waals surface area contributed by atoms with Gasteiger partial charge in [0.2, 0.25) is 11.5 Å². The molecule has 6 nitrogen and oxygen atoms in total. The summed E-state index contributed by atoms with van der Waals surface area (Å²) in [5.74, 6) is 0.501. The van der Waals surface area contributed by atoms with Crippen molar-refractivity contribution in [3.05, 3.63) is 69.5 Å². The summed E-state index contributed by atoms with van der Waals surface area (Å²) in [5.41, 5.74) is 1.21. The van der Waals surface area contributed by atoms with Crippen LogP contribution in [0.4, 0.5) is 4.39 Å². The Morgan fingerprint density at radius 2 is 2.00 bits per heavy atom. The van der Waals surface area contributed by atoms with Crippen LogP contribution in [0, 0.1) is 5.82 Å². The molecule has 0 amide bonds. The molecule has 0 saturated heterocycles. The van der Waals surface area contributed by atoms with Gasteiger partial charge in [0.15, 0.2) is 5.69 Å². The van der Waals surface area contributed by atoms with Crippen LogP contribution in [0.5, 0.6) is 5.75 Å². The van der Waals surface area contributed by atoms with E-state index in [4.69, 9.17) is 4.74 Å². The molecular formula is C21H21FN4O2S. The molecule has 0 fully saturated rings. The topological polar surface area (TPSA) is 61.4 Å². The smallest absolute Gasteiger partial charge is 0.302 e. The number of benzene rings is 1. The zero-order valence-electron chi connectivity index (χ0n) is 16.3. The molecule has 0 unspecified atom stereocenters. The van der Waals surface area contributed by atoms with E-state index in [-0.39, 0.29) is 17.1 Å². The Morgan fingerprint density at radius 1 is 1.21 bits per heavy atom. The van der Waals surface area contributed by atoms with Crippen LogP contribution in [0.3, 0.4) is 0 Å². The van der Waals surface area contributed by atoms with Crippen LogP contribution in [0.25, 0.3) is 16.5 Å². The van der Waals surface area contributed by atoms with Crippen LogP contribution in [0.1, 0.15) is 30.2 Å². The quantitative estimate of drug-likeness (QED) is 0.430. The average molecular weight is 412 g/mol. The van der Waals surface area contributed by atoms with Crippen LogP contribution in [-0.2, 0) is 13.5 Å². The molecule has 0 spiro atoms. The highest BCUT2D eigenvalue weighted by Crippen LogP contribution is 2.31. The summed E-state index contributed by atoms with van der Waals surface area (Å²) in [6.07, 6.45) is 7.69. The van der Waals surface area contributed by atoms with E-state index in [1.807, 2.05) is 7.05 Å². The summed E-state index contributed by atoms with van der Waals surface area (Å²) >= 11 is 1.46. The minimum absolute atomic E-state index is 0.227. The normalized spacial score (nSPS) is 11.3. The van der Waals surface area contributed by atoms with Crippen molar-refractivity contribution >= 4 is 17.1 Å². The second-order valence-corrected chi connectivity index (χ2v) is 7.93. The third-order valence-corrected chi connectivity index (χ3v) is 5.61. The van der Waals surface area contributed by atoms with Gasteiger partial charge < -0.3 is 9.30 Å². The molecule has 1 aromatic carbocycles. The fourth-order valence-corrected chi connectivity index (χ4v) is 3.95. The van der Waals surface area contributed by atoms with Crippen LogP contribution in [-0.4, -0.2) is 25.5 Å². The lowest BCUT2D eigenvalue weighted by Gasteiger charge is -2.09. The number of rotatable bonds is 7. The lowest BCUT2D eigenvalue weighted by Crippen LogP contribution is -2.19. The van der Waals surface area contributed by atoms with E-state index < -0.39 is 0 Å². The molecule has 29 heavy (non-hydrogen) atoms. The Bertz CT molecular complexity index is 1190. The SMILES string of the molecule is CCCCOc1c(-c2ncc(Cc3ccc(F)cc3)s2)nc2n(C)ccn2c1=O. The molecule has 0 aliphatic rings. The summed E-state index contributed by atoms with van der Waals surface area (Å²) in [5, 5.41) is 0.634. The summed E-state index contributed by atoms with van der Waals surface area (Å²) in [6, 6.07) is 6.41. The van der Waals surface area contributed by atoms with Gasteiger partial charge in [-0.15, -0.1) is 11.3 Å². The highest BCUT2D eigenvalue weighted by molar-refractivity contribution is 7.15. The number of unbranched alkanes of at least 4 members (excludes halogenated alkanes) is 1. The van der Waals surface area contributed by atoms with Crippen molar-refractivity contribution in [3.63, 3.8) is 0 Å². The Hall–Kier alpha value is -3.00. The molecule has 8 heteroatoms. The van der Waals surface area contributed by atoms with Crippen LogP contribution in [0.15, 0.2) is 47.7 Å². The number of nitrogens with zero attached hydrogens (tertiary/aromatic N) is 4. The average Bonchev–Trinajstić information content (AvgIpc) is 3.32. The fourth-order valence-electron chi connectivity index (χ4n) is 3.02. The zero-order valence-corrected chi connectivity index (χ0v) is 17.1. The molecule has 0 aliphatic heterocycles. The van der Waals surface area contributed by atoms with Gasteiger partial charge >= 0.3 is 5.56 Å². The van der Waals surface area contributed by atoms with Gasteiger partial charge in [-0.25, -0.2) is 18.8 Å². The molecule has 0 radical (unpaired) electrons. The van der Waals surface area contributed by atoms with Gasteiger partial charge in [0, 0.05) is 36.9 Å². The summed E-state index contributed by atoms with van der Waals surface area (Å²) < 4.78 is 22.2. The highest BCUT2D eigenvalue weighted by atomic mass is 32.1. The molecule has 3 aromatic heterocycles. The second-order valence-electron chi connectivity index (χ2n) is 6.81. The molecule has 3 heterocycles. The monoisotopic (exact) mass is 412 g/mol. The number of hydrogen-bond acceptors (Lipinski definition) is 5. The number of aryl methyl sites for hydroxylation is 1. The first-order chi connectivity index (χ1) is 14.1. The lowest BCUT2D eigenvalue weighted by atomic mass is 10.1. The van der Waals surface area contributed by atoms with Crippen molar-refractivity contribution in [2.45, 2.75) is 26.2 Å². The first-order valence-corrected chi connectivity index (χ1v) is 10.3. The first kappa shape index (κ1) is 19.3. The van der Waals surface area contributed by atoms with Crippen molar-refractivity contribution in [1.29, 1.82) is 0 Å². The summed E-state index contributed by atoms with van der Waals surface area (Å²) in [6.45, 7) is 2.52. The standard InChI is InChI=1S/C21H21FN4O2S/c1-3-4-11-28-18-17(24-21-25(2)9-10-26(21)20(18)27)19-23-13-16(29-19)12-14-5-7-15(22)8-6-14/h5-10,13H,3-4,11-12H2,1-2H3. The van der Waals surface area contributed by atoms with E-state index >= 15 is 0 Å². The van der Waals surface area contributed by atoms with E-state index in [0.717, 1.165) is 23.3 Å². The number of aromatic nitrogens is 4. The molecule has 4 aromatic rings. The molecule has 0 saturated carbocycles. The first-order valence-electron chi connectivity index (χ1n) is 9.47. The third kappa shape index (κ3) is 3.93. The van der Waals surface area contributed by atoms with Crippen molar-refractivity contribution in [2.75, 3.05) is 6.61 Å². The van der Waals surface area contributed by atoms with E-state index in [1.54, 1.807) is 35.3 Å². The lowest BCUT2D eigenvalue weighted by molar-refractivity contribution is 0.305. The molecular weight excluding hydrogens is 391 g/mol. The minimum Gasteiger partial charge on any atom is -0.486 e. The van der Waals surface area contributed by atoms with Crippen molar-refractivity contribution in [3.8, 4) is 16.5 Å². The predicted molar refractivity (Wildman–Crippen MR) is 111 cm³/mol. The highest BCUT2D eigenvalue weighted by Gasteiger charge is 2.20. The Morgan fingerprint density at radius 3 is 2.76 bits per heavy atom. The van der Waals surface area contributed by atoms with Crippen LogP contribution < -0.4 is 10.3 Å². The van der Waals surface area contributed by atoms with Gasteiger partial charge in [-0.2, -0.15) is 0 Å². The maximum Gasteiger partial charge on any atom is 0.302 e. The van der Waals surface area contributed by atoms with E-state index in [0.29, 0.717) is 29.5 Å². The minimum atomic E-state index is -0.256. The molecule has 0 bridgehead atoms. The summed E-state index contributed by atoms with van der Waals surface area (Å²) in [4.78, 5) is 23.2. The largest absolute Gasteiger partial charge is 0.486 e. The fraction of sp³-hybridized carbons (Fsp3) is 0.286. The van der Waals surface area contributed by atoms with Gasteiger partial charge in [0.05, 0.1) is 6.61 Å². The van der Waals surface area contributed by atoms with Crippen molar-refractivity contribution in [1.82, 2.24) is 18.9 Å². The maximum absolute atomic E-state index is 13.1. The maximum atomic E-state index is 13.1. The summed E-state index contributed by atoms with van der Waals surface area (Å²) in [7, 11) is 1.84. The van der Waals surface area contributed by atoms with Crippen LogP contribution in [0.2, 0.25) is 0 Å². The zero-order chi connectivity index (χ0) is 20.4. The third-order valence-electron chi connectivity index (χ3n) is 4.60. The van der Waals surface area contributed by atoms with E-state index in [9.17, 15) is 9.18 Å². The number of ether oxygens (including phenoxy) is 1. The van der Waals surface area contributed by atoms with Crippen molar-refractivity contribution < 1.29 is 9.13 Å². The molecule has 4 rings (SSSR count). The van der Waals surface area contributed by atoms with Gasteiger partial charge in [0.25, 0.3) is 0 Å². The van der Waals surface area contributed by atoms with Gasteiger partial charge in [-0.1, -0.05) is 25.5 Å². The number of fused-ring (bicyclic) bond motifs is 1. The number of hydrogen-bond donors (Lipinski definition) is 0. The second kappa shape index (κ2) is 8.16. The number of halogens is 1. The van der Waals surface area contributed by atoms with Gasteiger partial charge in [-0.05, 0) is 24.1 Å². The Labute approximate surface area is 171 Å². The number of thiazole rings is 1. The van der Waals surface area contributed by atoms with E-state index in [1.165, 1.54) is 27.9 Å². The van der Waals surface area contributed by atoms with Gasteiger partial charge in [-0.3, -0.25) is 4.79 Å². The molecule has 0 N–H and O–H groups in total. The molecule has 0 aliphatic carbocycles.